The molecule has 3 aliphatic rings. The zero-order chi connectivity index (χ0) is 41.4. The summed E-state index contributed by atoms with van der Waals surface area (Å²) < 4.78 is 36.9. The van der Waals surface area contributed by atoms with E-state index in [0.29, 0.717) is 27.9 Å². The first-order valence-electron chi connectivity index (χ1n) is 18.4. The first-order chi connectivity index (χ1) is 27.8. The molecule has 0 aliphatic carbocycles. The molecule has 0 radical (unpaired) electrons. The van der Waals surface area contributed by atoms with Crippen molar-refractivity contribution in [3.05, 3.63) is 120 Å². The van der Waals surface area contributed by atoms with Gasteiger partial charge < -0.3 is 64.9 Å². The van der Waals surface area contributed by atoms with Gasteiger partial charge in [0, 0.05) is 11.3 Å². The van der Waals surface area contributed by atoms with Crippen LogP contribution in [0.2, 0.25) is 0 Å². The van der Waals surface area contributed by atoms with Gasteiger partial charge in [0.1, 0.15) is 72.5 Å². The zero-order valence-electron chi connectivity index (χ0n) is 30.5. The number of carbonyl (C=O) groups excluding carboxylic acids is 1. The highest BCUT2D eigenvalue weighted by molar-refractivity contribution is 6.05. The Morgan fingerprint density at radius 1 is 0.776 bits per heavy atom. The molecule has 0 spiro atoms. The van der Waals surface area contributed by atoms with E-state index in [1.165, 1.54) is 35.2 Å². The van der Waals surface area contributed by atoms with Crippen molar-refractivity contribution in [3.63, 3.8) is 0 Å². The van der Waals surface area contributed by atoms with Crippen molar-refractivity contribution >= 4 is 17.6 Å². The van der Waals surface area contributed by atoms with Crippen LogP contribution < -0.4 is 9.64 Å². The van der Waals surface area contributed by atoms with E-state index in [-0.39, 0.29) is 17.9 Å². The van der Waals surface area contributed by atoms with Crippen LogP contribution in [0.25, 0.3) is 11.1 Å². The number of aliphatic carboxylic acids is 1. The van der Waals surface area contributed by atoms with Gasteiger partial charge in [0.25, 0.3) is 5.91 Å². The molecule has 3 fully saturated rings. The van der Waals surface area contributed by atoms with Crippen LogP contribution in [0.4, 0.5) is 10.1 Å². The van der Waals surface area contributed by atoms with Crippen molar-refractivity contribution in [1.29, 1.82) is 0 Å². The number of carboxylic acids is 1. The van der Waals surface area contributed by atoms with E-state index in [9.17, 15) is 59.9 Å². The van der Waals surface area contributed by atoms with Gasteiger partial charge in [0.05, 0.1) is 13.2 Å². The van der Waals surface area contributed by atoms with Gasteiger partial charge in [-0.3, -0.25) is 9.69 Å². The molecule has 17 heteroatoms. The molecule has 58 heavy (non-hydrogen) atoms. The second-order valence-corrected chi connectivity index (χ2v) is 14.3. The smallest absolute Gasteiger partial charge is 0.335 e. The molecule has 3 aliphatic heterocycles. The number of aliphatic hydroxyl groups is 8. The summed E-state index contributed by atoms with van der Waals surface area (Å²) in [7, 11) is 0. The maximum absolute atomic E-state index is 13.8. The summed E-state index contributed by atoms with van der Waals surface area (Å²) in [6, 6.07) is 24.0. The monoisotopic (exact) mass is 807 g/mol. The zero-order valence-corrected chi connectivity index (χ0v) is 30.5. The molecular weight excluding hydrogens is 765 g/mol. The van der Waals surface area contributed by atoms with Crippen molar-refractivity contribution in [1.82, 2.24) is 0 Å². The van der Waals surface area contributed by atoms with E-state index >= 15 is 0 Å². The molecule has 0 aromatic heterocycles. The topological polar surface area (TPSA) is 256 Å². The Kier molecular flexibility index (Phi) is 12.2. The minimum atomic E-state index is -2.00. The number of ether oxygens (including phenoxy) is 4. The third-order valence-electron chi connectivity index (χ3n) is 10.6. The van der Waals surface area contributed by atoms with Crippen LogP contribution in [0, 0.1) is 5.82 Å². The van der Waals surface area contributed by atoms with Crippen LogP contribution in [-0.4, -0.2) is 132 Å². The van der Waals surface area contributed by atoms with E-state index in [4.69, 9.17) is 18.9 Å². The number of anilines is 1. The summed E-state index contributed by atoms with van der Waals surface area (Å²) in [5.74, 6) is -2.68. The normalized spacial score (nSPS) is 31.7. The first-order valence-corrected chi connectivity index (χ1v) is 18.4. The second-order valence-electron chi connectivity index (χ2n) is 14.3. The van der Waals surface area contributed by atoms with Gasteiger partial charge in [-0.05, 0) is 52.6 Å². The average molecular weight is 808 g/mol. The second kappa shape index (κ2) is 17.1. The SMILES string of the molecule is O=C(O)C1O[C@@H](Oc2cc(-c3ccc(C4O[C@H](CO)[C@@H](O)[C@H](O)[C@H]4O)cc3)ccc2[C@@H]2[C@@H](OC[C@H](O)c3ccc(F)cc3)C(=O)N2c2ccccc2)C(O)C(O)[C@@H]1O. The average Bonchev–Trinajstić information content (AvgIpc) is 3.23. The summed E-state index contributed by atoms with van der Waals surface area (Å²) in [5.41, 5.74) is 2.51. The van der Waals surface area contributed by atoms with Crippen LogP contribution in [0.5, 0.6) is 5.75 Å². The van der Waals surface area contributed by atoms with Crippen molar-refractivity contribution in [3.8, 4) is 16.9 Å². The lowest BCUT2D eigenvalue weighted by molar-refractivity contribution is -0.271. The van der Waals surface area contributed by atoms with Crippen molar-refractivity contribution in [2.24, 2.45) is 0 Å². The summed E-state index contributed by atoms with van der Waals surface area (Å²) in [4.78, 5) is 27.2. The third kappa shape index (κ3) is 7.94. The highest BCUT2D eigenvalue weighted by Crippen LogP contribution is 2.46. The van der Waals surface area contributed by atoms with Gasteiger partial charge >= 0.3 is 5.97 Å². The van der Waals surface area contributed by atoms with Crippen molar-refractivity contribution in [2.45, 2.75) is 79.5 Å². The van der Waals surface area contributed by atoms with Gasteiger partial charge in [-0.15, -0.1) is 0 Å². The number of benzene rings is 4. The van der Waals surface area contributed by atoms with Crippen LogP contribution in [0.3, 0.4) is 0 Å². The molecule has 1 amide bonds. The number of amides is 1. The van der Waals surface area contributed by atoms with Gasteiger partial charge in [0.2, 0.25) is 6.29 Å². The first kappa shape index (κ1) is 41.3. The molecule has 0 bridgehead atoms. The van der Waals surface area contributed by atoms with Gasteiger partial charge in [0.15, 0.2) is 12.2 Å². The van der Waals surface area contributed by atoms with E-state index in [2.05, 4.69) is 0 Å². The van der Waals surface area contributed by atoms with Crippen LogP contribution in [-0.2, 0) is 23.8 Å². The van der Waals surface area contributed by atoms with Crippen LogP contribution >= 0.6 is 0 Å². The predicted octanol–water partition coefficient (Wildman–Crippen LogP) is 0.485. The molecule has 3 saturated heterocycles. The Bertz CT molecular complexity index is 2050. The minimum absolute atomic E-state index is 0.0570. The van der Waals surface area contributed by atoms with Gasteiger partial charge in [-0.1, -0.05) is 66.7 Å². The van der Waals surface area contributed by atoms with E-state index < -0.39 is 104 Å². The fourth-order valence-electron chi connectivity index (χ4n) is 7.36. The largest absolute Gasteiger partial charge is 0.479 e. The number of carboxylic acid groups (broad SMARTS) is 1. The number of β-lactam (4-membered cyclic amide) rings is 1. The van der Waals surface area contributed by atoms with Gasteiger partial charge in [-0.2, -0.15) is 0 Å². The minimum Gasteiger partial charge on any atom is -0.479 e. The van der Waals surface area contributed by atoms with Crippen LogP contribution in [0.1, 0.15) is 34.9 Å². The Balaban J connectivity index is 1.25. The highest BCUT2D eigenvalue weighted by Gasteiger charge is 2.53. The molecule has 4 aromatic carbocycles. The highest BCUT2D eigenvalue weighted by atomic mass is 19.1. The number of halogens is 1. The summed E-state index contributed by atoms with van der Waals surface area (Å²) in [5, 5.41) is 93.2. The third-order valence-corrected chi connectivity index (χ3v) is 10.6. The molecule has 16 nitrogen and oxygen atoms in total. The molecule has 3 heterocycles. The molecular formula is C41H42FNO15. The fourth-order valence-corrected chi connectivity index (χ4v) is 7.36. The summed E-state index contributed by atoms with van der Waals surface area (Å²) >= 11 is 0. The molecule has 4 unspecified atom stereocenters. The number of nitrogens with zero attached hydrogens (tertiary/aromatic N) is 1. The molecule has 7 rings (SSSR count). The number of rotatable bonds is 12. The molecule has 308 valence electrons. The number of carbonyl (C=O) groups is 2. The van der Waals surface area contributed by atoms with Crippen molar-refractivity contribution in [2.75, 3.05) is 18.1 Å². The molecule has 13 atom stereocenters. The van der Waals surface area contributed by atoms with Crippen molar-refractivity contribution < 1.29 is 78.9 Å². The Morgan fingerprint density at radius 3 is 2.09 bits per heavy atom. The van der Waals surface area contributed by atoms with Gasteiger partial charge in [-0.25, -0.2) is 9.18 Å². The van der Waals surface area contributed by atoms with E-state index in [0.717, 1.165) is 0 Å². The fraction of sp³-hybridized carbons (Fsp3) is 0.366. The lowest BCUT2D eigenvalue weighted by Gasteiger charge is -2.47. The Labute approximate surface area is 330 Å². The Hall–Kier alpha value is -4.89. The summed E-state index contributed by atoms with van der Waals surface area (Å²) in [6.07, 6.45) is -19.1. The molecule has 9 N–H and O–H groups in total. The van der Waals surface area contributed by atoms with Crippen LogP contribution in [0.15, 0.2) is 97.1 Å². The standard InChI is InChI=1S/C41H42FNO15/c42-23-13-10-20(11-14-23)26(45)18-55-37-29(43(39(37)52)24-4-2-1-3-5-24)25-15-12-22(16-27(25)57-41-35(51)32(48)34(50)38(58-41)40(53)54)19-6-8-21(9-7-19)36-33(49)31(47)30(46)28(17-44)56-36/h1-16,26,28-38,41,44-51H,17-18H2,(H,53,54)/t26-,28+,29+,30+,31-,32?,33+,34-,35?,36?,37+,38?,41+/m0/s1. The number of para-hydroxylation sites is 1. The lowest BCUT2D eigenvalue weighted by Crippen LogP contribution is -2.62. The number of hydrogen-bond donors (Lipinski definition) is 9. The van der Waals surface area contributed by atoms with E-state index in [1.54, 1.807) is 66.7 Å². The Morgan fingerprint density at radius 2 is 1.43 bits per heavy atom. The molecule has 4 aromatic rings. The molecule has 0 saturated carbocycles. The quantitative estimate of drug-likeness (QED) is 0.0883. The number of hydrogen-bond acceptors (Lipinski definition) is 14. The predicted molar refractivity (Wildman–Crippen MR) is 197 cm³/mol. The number of aliphatic hydroxyl groups excluding tert-OH is 8. The maximum atomic E-state index is 13.8. The lowest BCUT2D eigenvalue weighted by atomic mass is 9.87. The summed E-state index contributed by atoms with van der Waals surface area (Å²) in [6.45, 7) is -0.975. The maximum Gasteiger partial charge on any atom is 0.335 e. The van der Waals surface area contributed by atoms with E-state index in [1.807, 2.05) is 0 Å².